The van der Waals surface area contributed by atoms with E-state index in [2.05, 4.69) is 12.1 Å². The SMILES string of the molecule is Clc1ccc2ccccc2c1O[n+]1ccc2ccccc2c1.FC(F)(F)c1cc([B-](c2cc(C(F)(F)F)cc(C(F)(F)F)c2)(c2cc(C(F)(F)F)cc(C(F)(F)F)c2)c2cc(C(F)(F)F)cc(C(F)(F)F)c2)cc(C(F)(F)F)c1. The molecule has 0 atom stereocenters. The van der Waals surface area contributed by atoms with Crippen LogP contribution in [-0.4, -0.2) is 6.15 Å². The van der Waals surface area contributed by atoms with Gasteiger partial charge in [0.15, 0.2) is 0 Å². The van der Waals surface area contributed by atoms with Crippen LogP contribution in [0.1, 0.15) is 44.5 Å². The quantitative estimate of drug-likeness (QED) is 0.0919. The molecule has 0 spiro atoms. The highest BCUT2D eigenvalue weighted by molar-refractivity contribution is 7.20. The Morgan fingerprint density at radius 3 is 0.899 bits per heavy atom. The Bertz CT molecular complexity index is 3130. The normalized spacial score (nSPS) is 13.4. The predicted molar refractivity (Wildman–Crippen MR) is 239 cm³/mol. The number of hydrogen-bond donors (Lipinski definition) is 0. The van der Waals surface area contributed by atoms with E-state index in [4.69, 9.17) is 16.4 Å². The van der Waals surface area contributed by atoms with Crippen LogP contribution in [0.3, 0.4) is 0 Å². The maximum Gasteiger partial charge on any atom is 0.416 e. The van der Waals surface area contributed by atoms with Crippen molar-refractivity contribution >= 4 is 61.1 Å². The van der Waals surface area contributed by atoms with Gasteiger partial charge in [0, 0.05) is 16.2 Å². The van der Waals surface area contributed by atoms with Gasteiger partial charge in [-0.05, 0) is 47.2 Å². The summed E-state index contributed by atoms with van der Waals surface area (Å²) in [5, 5.41) is 4.98. The summed E-state index contributed by atoms with van der Waals surface area (Å²) in [7, 11) is 0. The maximum absolute atomic E-state index is 14.2. The first-order valence-electron chi connectivity index (χ1n) is 21.7. The van der Waals surface area contributed by atoms with Gasteiger partial charge in [0.2, 0.25) is 18.1 Å². The van der Waals surface area contributed by atoms with E-state index in [-0.39, 0.29) is 0 Å². The van der Waals surface area contributed by atoms with E-state index in [1.54, 1.807) is 4.73 Å². The van der Waals surface area contributed by atoms with Crippen molar-refractivity contribution < 1.29 is 115 Å². The summed E-state index contributed by atoms with van der Waals surface area (Å²) in [6.45, 7) is 0. The summed E-state index contributed by atoms with van der Waals surface area (Å²) in [5.74, 6) is 0.667. The van der Waals surface area contributed by atoms with Crippen LogP contribution < -0.4 is 31.4 Å². The van der Waals surface area contributed by atoms with Crippen LogP contribution in [0.4, 0.5) is 105 Å². The molecule has 0 saturated carbocycles. The van der Waals surface area contributed by atoms with Crippen molar-refractivity contribution in [1.29, 1.82) is 0 Å². The van der Waals surface area contributed by atoms with Gasteiger partial charge in [-0.25, -0.2) is 4.84 Å². The van der Waals surface area contributed by atoms with Crippen LogP contribution in [-0.2, 0) is 49.4 Å². The second kappa shape index (κ2) is 20.4. The Hall–Kier alpha value is -7.32. The first-order chi connectivity index (χ1) is 36.1. The minimum absolute atomic E-state index is 0.597. The molecule has 418 valence electrons. The average molecular weight is 1170 g/mol. The lowest BCUT2D eigenvalue weighted by molar-refractivity contribution is -0.873. The second-order valence-corrected chi connectivity index (χ2v) is 17.8. The lowest BCUT2D eigenvalue weighted by atomic mass is 9.12. The highest BCUT2D eigenvalue weighted by atomic mass is 35.5. The molecule has 8 rings (SSSR count). The number of halogens is 25. The number of rotatable bonds is 6. The lowest BCUT2D eigenvalue weighted by Gasteiger charge is -2.46. The van der Waals surface area contributed by atoms with Gasteiger partial charge in [0.05, 0.1) is 54.9 Å². The average Bonchev–Trinajstić information content (AvgIpc) is 3.54. The van der Waals surface area contributed by atoms with Crippen molar-refractivity contribution in [3.63, 3.8) is 0 Å². The maximum atomic E-state index is 14.2. The Morgan fingerprint density at radius 2 is 0.595 bits per heavy atom. The van der Waals surface area contributed by atoms with Crippen LogP contribution >= 0.6 is 11.6 Å². The standard InChI is InChI=1S/C32H12BF24.C19H13ClNO/c34-25(35,36)13-1-14(26(37,38)39)6-21(5-13)33(22-7-15(27(40,41)42)2-16(8-22)28(43,44)45,23-9-17(29(46,47)48)3-18(10-23)30(49,50)51)24-11-19(31(52,53)54)4-20(12-24)32(55,56)57;20-18-10-9-15-6-3-4-8-17(15)19(18)22-21-12-11-14-5-1-2-7-16(14)13-21/h1-12H;1-13H/q-1;+1. The molecule has 0 aliphatic rings. The molecule has 0 fully saturated rings. The summed E-state index contributed by atoms with van der Waals surface area (Å²) in [6, 6.07) is 13.3. The minimum Gasteiger partial charge on any atom is -0.229 e. The first-order valence-corrected chi connectivity index (χ1v) is 22.1. The highest BCUT2D eigenvalue weighted by Gasteiger charge is 2.47. The topological polar surface area (TPSA) is 13.1 Å². The zero-order valence-electron chi connectivity index (χ0n) is 38.3. The number of aromatic nitrogens is 1. The third-order valence-electron chi connectivity index (χ3n) is 12.1. The second-order valence-electron chi connectivity index (χ2n) is 17.3. The fourth-order valence-corrected chi connectivity index (χ4v) is 8.86. The number of pyridine rings is 1. The Labute approximate surface area is 431 Å². The van der Waals surface area contributed by atoms with Crippen LogP contribution in [0.5, 0.6) is 5.75 Å². The molecule has 0 bridgehead atoms. The van der Waals surface area contributed by atoms with Gasteiger partial charge in [-0.2, -0.15) is 127 Å². The van der Waals surface area contributed by atoms with Crippen molar-refractivity contribution in [3.8, 4) is 5.75 Å². The fraction of sp³-hybridized carbons (Fsp3) is 0.157. The molecule has 79 heavy (non-hydrogen) atoms. The summed E-state index contributed by atoms with van der Waals surface area (Å²) in [6.07, 6.45) is -51.0. The van der Waals surface area contributed by atoms with Gasteiger partial charge in [0.25, 0.3) is 0 Å². The molecular formula is C51H25BClF24NO. The molecular weight excluding hydrogens is 1140 g/mol. The van der Waals surface area contributed by atoms with E-state index in [9.17, 15) is 105 Å². The summed E-state index contributed by atoms with van der Waals surface area (Å²) >= 11 is 6.33. The molecule has 0 amide bonds. The van der Waals surface area contributed by atoms with E-state index in [1.807, 2.05) is 67.0 Å². The molecule has 2 nitrogen and oxygen atoms in total. The number of benzene rings is 7. The van der Waals surface area contributed by atoms with Crippen LogP contribution in [0.2, 0.25) is 5.02 Å². The third-order valence-corrected chi connectivity index (χ3v) is 12.4. The zero-order chi connectivity index (χ0) is 58.9. The van der Waals surface area contributed by atoms with Gasteiger partial charge < -0.3 is 0 Å². The van der Waals surface area contributed by atoms with Crippen molar-refractivity contribution in [2.45, 2.75) is 49.4 Å². The molecule has 0 saturated heterocycles. The monoisotopic (exact) mass is 1170 g/mol. The number of hydrogen-bond acceptors (Lipinski definition) is 1. The van der Waals surface area contributed by atoms with E-state index >= 15 is 0 Å². The smallest absolute Gasteiger partial charge is 0.229 e. The zero-order valence-corrected chi connectivity index (χ0v) is 39.1. The third kappa shape index (κ3) is 12.9. The van der Waals surface area contributed by atoms with Crippen molar-refractivity contribution in [2.24, 2.45) is 0 Å². The Balaban J connectivity index is 0.000000336. The molecule has 0 N–H and O–H groups in total. The van der Waals surface area contributed by atoms with E-state index in [0.717, 1.165) is 16.2 Å². The largest absolute Gasteiger partial charge is 0.416 e. The molecule has 0 unspecified atom stereocenters. The van der Waals surface area contributed by atoms with Crippen LogP contribution in [0.15, 0.2) is 152 Å². The van der Waals surface area contributed by atoms with E-state index < -0.39 is 195 Å². The molecule has 1 heterocycles. The molecule has 0 aliphatic carbocycles. The van der Waals surface area contributed by atoms with E-state index in [1.165, 1.54) is 5.39 Å². The lowest BCUT2D eigenvalue weighted by Crippen LogP contribution is -2.75. The molecule has 28 heteroatoms. The predicted octanol–water partition coefficient (Wildman–Crippen LogP) is 16.0. The number of fused-ring (bicyclic) bond motifs is 2. The summed E-state index contributed by atoms with van der Waals surface area (Å²) in [5.41, 5.74) is -30.2. The summed E-state index contributed by atoms with van der Waals surface area (Å²) in [4.78, 5) is 6.02. The first kappa shape index (κ1) is 59.3. The van der Waals surface area contributed by atoms with Gasteiger partial charge in [-0.1, -0.05) is 109 Å². The van der Waals surface area contributed by atoms with Gasteiger partial charge in [-0.3, -0.25) is 0 Å². The van der Waals surface area contributed by atoms with Gasteiger partial charge in [-0.15, -0.1) is 0 Å². The van der Waals surface area contributed by atoms with Crippen molar-refractivity contribution in [2.75, 3.05) is 0 Å². The van der Waals surface area contributed by atoms with E-state index in [0.29, 0.717) is 10.8 Å². The number of nitrogens with zero attached hydrogens (tertiary/aromatic N) is 1. The van der Waals surface area contributed by atoms with Gasteiger partial charge in [0.1, 0.15) is 6.15 Å². The molecule has 0 radical (unpaired) electrons. The molecule has 0 aliphatic heterocycles. The molecule has 8 aromatic rings. The molecule has 1 aromatic heterocycles. The Morgan fingerprint density at radius 1 is 0.316 bits per heavy atom. The number of alkyl halides is 24. The molecule has 7 aromatic carbocycles. The van der Waals surface area contributed by atoms with Crippen LogP contribution in [0, 0.1) is 0 Å². The summed E-state index contributed by atoms with van der Waals surface area (Å²) < 4.78 is 343. The van der Waals surface area contributed by atoms with Crippen molar-refractivity contribution in [1.82, 2.24) is 0 Å². The van der Waals surface area contributed by atoms with Crippen molar-refractivity contribution in [3.05, 3.63) is 201 Å². The highest BCUT2D eigenvalue weighted by Crippen LogP contribution is 2.42. The fourth-order valence-electron chi connectivity index (χ4n) is 8.66. The van der Waals surface area contributed by atoms with Gasteiger partial charge >= 0.3 is 49.4 Å². The minimum atomic E-state index is -6.13. The van der Waals surface area contributed by atoms with Crippen LogP contribution in [0.25, 0.3) is 21.5 Å². The Kier molecular flexibility index (Phi) is 15.3.